The lowest BCUT2D eigenvalue weighted by Gasteiger charge is -2.34. The van der Waals surface area contributed by atoms with Gasteiger partial charge >= 0.3 is 0 Å². The summed E-state index contributed by atoms with van der Waals surface area (Å²) in [6, 6.07) is 0. The first kappa shape index (κ1) is 11.1. The van der Waals surface area contributed by atoms with Crippen LogP contribution in [0, 0.1) is 5.92 Å². The van der Waals surface area contributed by atoms with Gasteiger partial charge in [0.25, 0.3) is 0 Å². The van der Waals surface area contributed by atoms with E-state index in [1.54, 1.807) is 12.4 Å². The van der Waals surface area contributed by atoms with E-state index >= 15 is 0 Å². The number of anilines is 1. The Hall–Kier alpha value is -1.36. The van der Waals surface area contributed by atoms with Crippen LogP contribution in [0.3, 0.4) is 0 Å². The summed E-state index contributed by atoms with van der Waals surface area (Å²) in [6.45, 7) is 2.76. The van der Waals surface area contributed by atoms with Crippen molar-refractivity contribution in [3.8, 4) is 0 Å². The highest BCUT2D eigenvalue weighted by Gasteiger charge is 2.31. The van der Waals surface area contributed by atoms with Crippen molar-refractivity contribution >= 4 is 11.9 Å². The van der Waals surface area contributed by atoms with Crippen LogP contribution in [0.5, 0.6) is 0 Å². The van der Waals surface area contributed by atoms with Gasteiger partial charge in [-0.3, -0.25) is 10.1 Å². The summed E-state index contributed by atoms with van der Waals surface area (Å²) in [5.74, 6) is 1.01. The SMILES string of the molecule is CCOC1CC(CC(=O)Nc2ncc[nH]2)C1. The molecule has 1 amide bonds. The van der Waals surface area contributed by atoms with Crippen molar-refractivity contribution in [1.82, 2.24) is 9.97 Å². The number of amides is 1. The summed E-state index contributed by atoms with van der Waals surface area (Å²) < 4.78 is 5.45. The summed E-state index contributed by atoms with van der Waals surface area (Å²) >= 11 is 0. The molecule has 0 aliphatic heterocycles. The van der Waals surface area contributed by atoms with Gasteiger partial charge < -0.3 is 9.72 Å². The third-order valence-corrected chi connectivity index (χ3v) is 2.82. The zero-order chi connectivity index (χ0) is 11.4. The summed E-state index contributed by atoms with van der Waals surface area (Å²) in [4.78, 5) is 18.3. The van der Waals surface area contributed by atoms with Crippen LogP contribution in [0.4, 0.5) is 5.95 Å². The van der Waals surface area contributed by atoms with Gasteiger partial charge in [-0.15, -0.1) is 0 Å². The molecule has 5 heteroatoms. The monoisotopic (exact) mass is 223 g/mol. The molecular weight excluding hydrogens is 206 g/mol. The van der Waals surface area contributed by atoms with Gasteiger partial charge in [0.05, 0.1) is 6.10 Å². The Balaban J connectivity index is 1.66. The van der Waals surface area contributed by atoms with E-state index in [-0.39, 0.29) is 5.91 Å². The van der Waals surface area contributed by atoms with Crippen LogP contribution in [0.2, 0.25) is 0 Å². The van der Waals surface area contributed by atoms with Crippen LogP contribution in [-0.4, -0.2) is 28.6 Å². The topological polar surface area (TPSA) is 67.0 Å². The maximum Gasteiger partial charge on any atom is 0.226 e. The number of hydrogen-bond donors (Lipinski definition) is 2. The highest BCUT2D eigenvalue weighted by atomic mass is 16.5. The predicted molar refractivity (Wildman–Crippen MR) is 60.0 cm³/mol. The van der Waals surface area contributed by atoms with Crippen molar-refractivity contribution in [2.75, 3.05) is 11.9 Å². The van der Waals surface area contributed by atoms with Gasteiger partial charge in [-0.2, -0.15) is 0 Å². The Labute approximate surface area is 94.6 Å². The largest absolute Gasteiger partial charge is 0.378 e. The minimum absolute atomic E-state index is 0.0231. The molecule has 0 saturated heterocycles. The summed E-state index contributed by atoms with van der Waals surface area (Å²) in [5.41, 5.74) is 0. The zero-order valence-electron chi connectivity index (χ0n) is 9.40. The minimum atomic E-state index is 0.0231. The van der Waals surface area contributed by atoms with Crippen molar-refractivity contribution in [3.63, 3.8) is 0 Å². The number of H-pyrrole nitrogens is 1. The van der Waals surface area contributed by atoms with Gasteiger partial charge in [-0.25, -0.2) is 4.98 Å². The third-order valence-electron chi connectivity index (χ3n) is 2.82. The second kappa shape index (κ2) is 5.12. The van der Waals surface area contributed by atoms with Gasteiger partial charge in [0.1, 0.15) is 0 Å². The van der Waals surface area contributed by atoms with E-state index in [2.05, 4.69) is 15.3 Å². The first-order valence-corrected chi connectivity index (χ1v) is 5.68. The average molecular weight is 223 g/mol. The van der Waals surface area contributed by atoms with E-state index in [9.17, 15) is 4.79 Å². The van der Waals surface area contributed by atoms with Crippen LogP contribution < -0.4 is 5.32 Å². The molecule has 1 fully saturated rings. The van der Waals surface area contributed by atoms with E-state index in [0.29, 0.717) is 24.4 Å². The van der Waals surface area contributed by atoms with Gasteiger partial charge in [0.15, 0.2) is 0 Å². The maximum atomic E-state index is 11.6. The van der Waals surface area contributed by atoms with E-state index < -0.39 is 0 Å². The van der Waals surface area contributed by atoms with Crippen molar-refractivity contribution < 1.29 is 9.53 Å². The molecule has 0 aromatic carbocycles. The zero-order valence-corrected chi connectivity index (χ0v) is 9.40. The standard InChI is InChI=1S/C11H17N3O2/c1-2-16-9-5-8(6-9)7-10(15)14-11-12-3-4-13-11/h3-4,8-9H,2,5-7H2,1H3,(H2,12,13,14,15). The molecule has 0 atom stereocenters. The number of aromatic amines is 1. The quantitative estimate of drug-likeness (QED) is 0.796. The Kier molecular flexibility index (Phi) is 3.56. The number of aromatic nitrogens is 2. The van der Waals surface area contributed by atoms with Gasteiger partial charge in [-0.1, -0.05) is 0 Å². The second-order valence-electron chi connectivity index (χ2n) is 4.10. The highest BCUT2D eigenvalue weighted by Crippen LogP contribution is 2.32. The summed E-state index contributed by atoms with van der Waals surface area (Å²) in [7, 11) is 0. The maximum absolute atomic E-state index is 11.6. The van der Waals surface area contributed by atoms with E-state index in [1.165, 1.54) is 0 Å². The molecule has 1 aromatic heterocycles. The Morgan fingerprint density at radius 3 is 3.12 bits per heavy atom. The molecule has 1 aliphatic carbocycles. The summed E-state index contributed by atoms with van der Waals surface area (Å²) in [6.07, 6.45) is 6.23. The van der Waals surface area contributed by atoms with Gasteiger partial charge in [0.2, 0.25) is 11.9 Å². The van der Waals surface area contributed by atoms with E-state index in [4.69, 9.17) is 4.74 Å². The van der Waals surface area contributed by atoms with Gasteiger partial charge in [0, 0.05) is 25.4 Å². The molecule has 0 spiro atoms. The van der Waals surface area contributed by atoms with Crippen molar-refractivity contribution in [1.29, 1.82) is 0 Å². The van der Waals surface area contributed by atoms with Crippen molar-refractivity contribution in [3.05, 3.63) is 12.4 Å². The Bertz CT molecular complexity index is 331. The minimum Gasteiger partial charge on any atom is -0.378 e. The molecule has 1 heterocycles. The lowest BCUT2D eigenvalue weighted by molar-refractivity contribution is -0.119. The molecule has 2 N–H and O–H groups in total. The fourth-order valence-corrected chi connectivity index (χ4v) is 1.99. The Morgan fingerprint density at radius 1 is 1.69 bits per heavy atom. The number of nitrogens with one attached hydrogen (secondary N) is 2. The third kappa shape index (κ3) is 2.82. The number of rotatable bonds is 5. The van der Waals surface area contributed by atoms with Crippen molar-refractivity contribution in [2.45, 2.75) is 32.3 Å². The number of imidazole rings is 1. The molecule has 1 aromatic rings. The summed E-state index contributed by atoms with van der Waals surface area (Å²) in [5, 5.41) is 2.72. The predicted octanol–water partition coefficient (Wildman–Crippen LogP) is 1.55. The highest BCUT2D eigenvalue weighted by molar-refractivity contribution is 5.89. The molecule has 1 saturated carbocycles. The lowest BCUT2D eigenvalue weighted by atomic mass is 9.80. The van der Waals surface area contributed by atoms with Crippen molar-refractivity contribution in [2.24, 2.45) is 5.92 Å². The molecule has 2 rings (SSSR count). The number of ether oxygens (including phenoxy) is 1. The van der Waals surface area contributed by atoms with Crippen LogP contribution in [-0.2, 0) is 9.53 Å². The Morgan fingerprint density at radius 2 is 2.50 bits per heavy atom. The number of carbonyl (C=O) groups excluding carboxylic acids is 1. The van der Waals surface area contributed by atoms with Gasteiger partial charge in [-0.05, 0) is 25.7 Å². The lowest BCUT2D eigenvalue weighted by Crippen LogP contribution is -2.34. The first-order chi connectivity index (χ1) is 7.78. The molecule has 1 aliphatic rings. The number of hydrogen-bond acceptors (Lipinski definition) is 3. The molecule has 0 radical (unpaired) electrons. The van der Waals surface area contributed by atoms with E-state index in [0.717, 1.165) is 19.4 Å². The van der Waals surface area contributed by atoms with E-state index in [1.807, 2.05) is 6.92 Å². The molecule has 5 nitrogen and oxygen atoms in total. The second-order valence-corrected chi connectivity index (χ2v) is 4.10. The fourth-order valence-electron chi connectivity index (χ4n) is 1.99. The molecule has 0 unspecified atom stereocenters. The molecule has 88 valence electrons. The van der Waals surface area contributed by atoms with Crippen LogP contribution >= 0.6 is 0 Å². The van der Waals surface area contributed by atoms with Crippen LogP contribution in [0.15, 0.2) is 12.4 Å². The normalized spacial score (nSPS) is 23.8. The molecular formula is C11H17N3O2. The number of nitrogens with zero attached hydrogens (tertiary/aromatic N) is 1. The molecule has 0 bridgehead atoms. The fraction of sp³-hybridized carbons (Fsp3) is 0.636. The smallest absolute Gasteiger partial charge is 0.226 e. The molecule has 16 heavy (non-hydrogen) atoms. The first-order valence-electron chi connectivity index (χ1n) is 5.68. The van der Waals surface area contributed by atoms with Crippen LogP contribution in [0.25, 0.3) is 0 Å². The number of carbonyl (C=O) groups is 1. The average Bonchev–Trinajstić information content (AvgIpc) is 2.67. The van der Waals surface area contributed by atoms with Crippen LogP contribution in [0.1, 0.15) is 26.2 Å².